The van der Waals surface area contributed by atoms with E-state index in [-0.39, 0.29) is 11.0 Å². The van der Waals surface area contributed by atoms with E-state index in [2.05, 4.69) is 10.1 Å². The van der Waals surface area contributed by atoms with Gasteiger partial charge in [0.2, 0.25) is 5.95 Å². The van der Waals surface area contributed by atoms with Crippen LogP contribution >= 0.6 is 11.6 Å². The number of aryl methyl sites for hydroxylation is 1. The summed E-state index contributed by atoms with van der Waals surface area (Å²) in [5, 5.41) is 3.83. The number of aromatic nitrogens is 3. The summed E-state index contributed by atoms with van der Waals surface area (Å²) in [7, 11) is 0. The van der Waals surface area contributed by atoms with Crippen LogP contribution in [0.4, 0.5) is 10.3 Å². The number of rotatable bonds is 2. The standard InChI is InChI=1S/C12H10ClFN4O/c1-6-2-7(19-17-6)5-18-11-3-8(13)9(14)4-10(11)16-12(18)15/h2-4H,5H2,1H3,(H2,15,16). The highest BCUT2D eigenvalue weighted by molar-refractivity contribution is 6.31. The number of hydrogen-bond donors (Lipinski definition) is 1. The maximum absolute atomic E-state index is 13.4. The van der Waals surface area contributed by atoms with Gasteiger partial charge in [0.25, 0.3) is 0 Å². The summed E-state index contributed by atoms with van der Waals surface area (Å²) in [5.74, 6) is 0.393. The molecule has 0 bridgehead atoms. The van der Waals surface area contributed by atoms with Crippen LogP contribution in [0.3, 0.4) is 0 Å². The molecule has 19 heavy (non-hydrogen) atoms. The number of imidazole rings is 1. The minimum Gasteiger partial charge on any atom is -0.369 e. The van der Waals surface area contributed by atoms with Crippen molar-refractivity contribution in [1.82, 2.24) is 14.7 Å². The third kappa shape index (κ3) is 2.04. The van der Waals surface area contributed by atoms with Crippen LogP contribution in [0, 0.1) is 12.7 Å². The second kappa shape index (κ2) is 4.24. The normalized spacial score (nSPS) is 11.3. The monoisotopic (exact) mass is 280 g/mol. The third-order valence-corrected chi connectivity index (χ3v) is 3.10. The molecule has 0 saturated heterocycles. The first kappa shape index (κ1) is 12.0. The van der Waals surface area contributed by atoms with Gasteiger partial charge >= 0.3 is 0 Å². The lowest BCUT2D eigenvalue weighted by Crippen LogP contribution is -2.03. The molecule has 7 heteroatoms. The van der Waals surface area contributed by atoms with Crippen LogP contribution in [0.2, 0.25) is 5.02 Å². The quantitative estimate of drug-likeness (QED) is 0.783. The Balaban J connectivity index is 2.12. The fourth-order valence-electron chi connectivity index (χ4n) is 1.95. The number of hydrogen-bond acceptors (Lipinski definition) is 4. The van der Waals surface area contributed by atoms with Gasteiger partial charge in [-0.25, -0.2) is 9.37 Å². The number of nitrogens with two attached hydrogens (primary N) is 1. The molecule has 0 unspecified atom stereocenters. The molecule has 98 valence electrons. The highest BCUT2D eigenvalue weighted by Crippen LogP contribution is 2.25. The van der Waals surface area contributed by atoms with Gasteiger partial charge in [-0.3, -0.25) is 0 Å². The molecule has 1 aromatic carbocycles. The number of fused-ring (bicyclic) bond motifs is 1. The molecule has 0 aliphatic rings. The van der Waals surface area contributed by atoms with Gasteiger partial charge in [0.15, 0.2) is 5.76 Å². The Bertz CT molecular complexity index is 765. The lowest BCUT2D eigenvalue weighted by molar-refractivity contribution is 0.374. The first-order valence-electron chi connectivity index (χ1n) is 5.57. The maximum Gasteiger partial charge on any atom is 0.201 e. The lowest BCUT2D eigenvalue weighted by atomic mass is 10.3. The molecule has 2 aromatic heterocycles. The van der Waals surface area contributed by atoms with Gasteiger partial charge in [0, 0.05) is 12.1 Å². The van der Waals surface area contributed by atoms with Gasteiger partial charge in [-0.2, -0.15) is 0 Å². The highest BCUT2D eigenvalue weighted by atomic mass is 35.5. The molecule has 0 radical (unpaired) electrons. The van der Waals surface area contributed by atoms with E-state index in [0.717, 1.165) is 5.69 Å². The summed E-state index contributed by atoms with van der Waals surface area (Å²) in [6, 6.07) is 4.56. The lowest BCUT2D eigenvalue weighted by Gasteiger charge is -2.03. The molecule has 0 spiro atoms. The Morgan fingerprint density at radius 3 is 2.89 bits per heavy atom. The zero-order valence-corrected chi connectivity index (χ0v) is 10.8. The first-order valence-corrected chi connectivity index (χ1v) is 5.95. The molecular formula is C12H10ClFN4O. The number of nitrogens with zero attached hydrogens (tertiary/aromatic N) is 3. The SMILES string of the molecule is Cc1cc(Cn2c(N)nc3cc(F)c(Cl)cc32)on1. The molecule has 3 aromatic rings. The van der Waals surface area contributed by atoms with Gasteiger partial charge in [-0.05, 0) is 13.0 Å². The summed E-state index contributed by atoms with van der Waals surface area (Å²) in [5.41, 5.74) is 7.72. The molecule has 5 nitrogen and oxygen atoms in total. The van der Waals surface area contributed by atoms with Crippen molar-refractivity contribution in [3.8, 4) is 0 Å². The van der Waals surface area contributed by atoms with E-state index in [9.17, 15) is 4.39 Å². The highest BCUT2D eigenvalue weighted by Gasteiger charge is 2.13. The van der Waals surface area contributed by atoms with E-state index in [4.69, 9.17) is 21.9 Å². The van der Waals surface area contributed by atoms with Crippen molar-refractivity contribution in [3.63, 3.8) is 0 Å². The van der Waals surface area contributed by atoms with Crippen molar-refractivity contribution in [2.24, 2.45) is 0 Å². The summed E-state index contributed by atoms with van der Waals surface area (Å²) in [6.07, 6.45) is 0. The van der Waals surface area contributed by atoms with Crippen molar-refractivity contribution in [1.29, 1.82) is 0 Å². The fraction of sp³-hybridized carbons (Fsp3) is 0.167. The smallest absolute Gasteiger partial charge is 0.201 e. The molecule has 0 amide bonds. The predicted molar refractivity (Wildman–Crippen MR) is 69.5 cm³/mol. The molecule has 0 aliphatic heterocycles. The first-order chi connectivity index (χ1) is 9.04. The van der Waals surface area contributed by atoms with E-state index in [1.165, 1.54) is 12.1 Å². The Kier molecular flexibility index (Phi) is 2.67. The molecule has 0 fully saturated rings. The van der Waals surface area contributed by atoms with E-state index in [1.54, 1.807) is 10.6 Å². The van der Waals surface area contributed by atoms with Crippen LogP contribution in [0.5, 0.6) is 0 Å². The van der Waals surface area contributed by atoms with E-state index >= 15 is 0 Å². The van der Waals surface area contributed by atoms with Gasteiger partial charge < -0.3 is 14.8 Å². The van der Waals surface area contributed by atoms with Gasteiger partial charge in [-0.1, -0.05) is 16.8 Å². The summed E-state index contributed by atoms with van der Waals surface area (Å²) >= 11 is 5.78. The summed E-state index contributed by atoms with van der Waals surface area (Å²) in [4.78, 5) is 4.10. The fourth-order valence-corrected chi connectivity index (χ4v) is 2.11. The van der Waals surface area contributed by atoms with E-state index in [0.29, 0.717) is 23.3 Å². The van der Waals surface area contributed by atoms with Crippen LogP contribution in [-0.2, 0) is 6.54 Å². The van der Waals surface area contributed by atoms with Gasteiger partial charge in [0.05, 0.1) is 28.3 Å². The second-order valence-electron chi connectivity index (χ2n) is 4.25. The van der Waals surface area contributed by atoms with Gasteiger partial charge in [0.1, 0.15) is 5.82 Å². The number of benzene rings is 1. The number of halogens is 2. The zero-order chi connectivity index (χ0) is 13.6. The largest absolute Gasteiger partial charge is 0.369 e. The van der Waals surface area contributed by atoms with Crippen molar-refractivity contribution >= 4 is 28.6 Å². The van der Waals surface area contributed by atoms with Crippen molar-refractivity contribution in [3.05, 3.63) is 40.5 Å². The van der Waals surface area contributed by atoms with Crippen molar-refractivity contribution in [2.45, 2.75) is 13.5 Å². The predicted octanol–water partition coefficient (Wildman–Crippen LogP) is 2.76. The van der Waals surface area contributed by atoms with Crippen LogP contribution < -0.4 is 5.73 Å². The topological polar surface area (TPSA) is 69.9 Å². The van der Waals surface area contributed by atoms with Gasteiger partial charge in [-0.15, -0.1) is 0 Å². The van der Waals surface area contributed by atoms with Crippen LogP contribution in [0.15, 0.2) is 22.7 Å². The molecule has 2 heterocycles. The van der Waals surface area contributed by atoms with E-state index in [1.807, 2.05) is 6.92 Å². The molecule has 2 N–H and O–H groups in total. The zero-order valence-electron chi connectivity index (χ0n) is 10.0. The van der Waals surface area contributed by atoms with Crippen molar-refractivity contribution < 1.29 is 8.91 Å². The molecule has 0 saturated carbocycles. The average Bonchev–Trinajstić information content (AvgIpc) is 2.87. The molecular weight excluding hydrogens is 271 g/mol. The molecule has 3 rings (SSSR count). The third-order valence-electron chi connectivity index (χ3n) is 2.81. The number of nitrogen functional groups attached to an aromatic ring is 1. The van der Waals surface area contributed by atoms with E-state index < -0.39 is 5.82 Å². The minimum absolute atomic E-state index is 0.0300. The maximum atomic E-state index is 13.4. The molecule has 0 atom stereocenters. The Morgan fingerprint density at radius 2 is 2.21 bits per heavy atom. The number of anilines is 1. The Labute approximate surface area is 112 Å². The summed E-state index contributed by atoms with van der Waals surface area (Å²) < 4.78 is 20.2. The van der Waals surface area contributed by atoms with Crippen molar-refractivity contribution in [2.75, 3.05) is 5.73 Å². The Morgan fingerprint density at radius 1 is 1.42 bits per heavy atom. The average molecular weight is 281 g/mol. The molecule has 0 aliphatic carbocycles. The van der Waals surface area contributed by atoms with Crippen LogP contribution in [0.25, 0.3) is 11.0 Å². The Hall–Kier alpha value is -2.08. The van der Waals surface area contributed by atoms with Crippen LogP contribution in [-0.4, -0.2) is 14.7 Å². The second-order valence-corrected chi connectivity index (χ2v) is 4.65. The minimum atomic E-state index is -0.519. The summed E-state index contributed by atoms with van der Waals surface area (Å²) in [6.45, 7) is 2.19. The van der Waals surface area contributed by atoms with Crippen LogP contribution in [0.1, 0.15) is 11.5 Å².